The molecule has 1 aliphatic carbocycles. The van der Waals surface area contributed by atoms with Crippen molar-refractivity contribution in [3.05, 3.63) is 0 Å². The normalized spacial score (nSPS) is 27.2. The Hall–Kier alpha value is -1.06. The molecule has 4 nitrogen and oxygen atoms in total. The zero-order valence-corrected chi connectivity index (χ0v) is 9.87. The zero-order chi connectivity index (χ0) is 11.5. The van der Waals surface area contributed by atoms with Gasteiger partial charge in [-0.05, 0) is 12.8 Å². The number of likely N-dealkylation sites (tertiary alicyclic amines) is 1. The molecule has 2 aliphatic rings. The number of nitrogens with one attached hydrogen (secondary N) is 1. The largest absolute Gasteiger partial charge is 0.359 e. The summed E-state index contributed by atoms with van der Waals surface area (Å²) in [5, 5.41) is 2.63. The topological polar surface area (TPSA) is 49.4 Å². The van der Waals surface area contributed by atoms with Gasteiger partial charge in [0.05, 0.1) is 5.92 Å². The van der Waals surface area contributed by atoms with E-state index in [0.29, 0.717) is 19.0 Å². The molecule has 1 atom stereocenters. The smallest absolute Gasteiger partial charge is 0.225 e. The maximum Gasteiger partial charge on any atom is 0.225 e. The predicted molar refractivity (Wildman–Crippen MR) is 60.8 cm³/mol. The second-order valence-corrected chi connectivity index (χ2v) is 4.85. The van der Waals surface area contributed by atoms with Gasteiger partial charge in [-0.3, -0.25) is 9.59 Å². The van der Waals surface area contributed by atoms with Gasteiger partial charge in [-0.1, -0.05) is 19.3 Å². The number of carbonyl (C=O) groups is 2. The molecule has 1 heterocycles. The number of rotatable bonds is 2. The minimum absolute atomic E-state index is 0.00617. The summed E-state index contributed by atoms with van der Waals surface area (Å²) < 4.78 is 0. The molecule has 4 heteroatoms. The van der Waals surface area contributed by atoms with E-state index in [1.807, 2.05) is 4.90 Å². The standard InChI is InChI=1S/C12H20N2O2/c1-13-12(16)9-7-11(15)14(8-9)10-5-3-2-4-6-10/h9-10H,2-8H2,1H3,(H,13,16). The van der Waals surface area contributed by atoms with Crippen molar-refractivity contribution in [3.8, 4) is 0 Å². The molecule has 2 fully saturated rings. The molecule has 0 aromatic heterocycles. The van der Waals surface area contributed by atoms with Crippen LogP contribution < -0.4 is 5.32 Å². The fourth-order valence-corrected chi connectivity index (χ4v) is 2.86. The highest BCUT2D eigenvalue weighted by Crippen LogP contribution is 2.28. The molecule has 90 valence electrons. The third-order valence-electron chi connectivity index (χ3n) is 3.79. The van der Waals surface area contributed by atoms with E-state index in [4.69, 9.17) is 0 Å². The lowest BCUT2D eigenvalue weighted by Crippen LogP contribution is -2.39. The van der Waals surface area contributed by atoms with Crippen molar-refractivity contribution in [2.75, 3.05) is 13.6 Å². The number of amides is 2. The van der Waals surface area contributed by atoms with Crippen molar-refractivity contribution in [1.29, 1.82) is 0 Å². The molecule has 1 N–H and O–H groups in total. The van der Waals surface area contributed by atoms with Gasteiger partial charge in [0.2, 0.25) is 11.8 Å². The Labute approximate surface area is 96.4 Å². The number of hydrogen-bond acceptors (Lipinski definition) is 2. The third kappa shape index (κ3) is 2.20. The van der Waals surface area contributed by atoms with Crippen LogP contribution in [0.3, 0.4) is 0 Å². The second-order valence-electron chi connectivity index (χ2n) is 4.85. The summed E-state index contributed by atoms with van der Waals surface area (Å²) in [5.74, 6) is 0.0478. The van der Waals surface area contributed by atoms with Crippen molar-refractivity contribution in [2.45, 2.75) is 44.6 Å². The van der Waals surface area contributed by atoms with Gasteiger partial charge in [-0.15, -0.1) is 0 Å². The highest BCUT2D eigenvalue weighted by Gasteiger charge is 2.37. The van der Waals surface area contributed by atoms with Crippen LogP contribution in [-0.4, -0.2) is 36.3 Å². The molecule has 0 aromatic carbocycles. The van der Waals surface area contributed by atoms with Gasteiger partial charge in [-0.25, -0.2) is 0 Å². The molecule has 0 spiro atoms. The van der Waals surface area contributed by atoms with Crippen molar-refractivity contribution in [2.24, 2.45) is 5.92 Å². The van der Waals surface area contributed by atoms with Crippen LogP contribution in [0.1, 0.15) is 38.5 Å². The fraction of sp³-hybridized carbons (Fsp3) is 0.833. The second kappa shape index (κ2) is 4.85. The maximum absolute atomic E-state index is 11.9. The summed E-state index contributed by atoms with van der Waals surface area (Å²) >= 11 is 0. The molecule has 0 radical (unpaired) electrons. The highest BCUT2D eigenvalue weighted by molar-refractivity contribution is 5.89. The first kappa shape index (κ1) is 11.4. The van der Waals surface area contributed by atoms with Gasteiger partial charge in [0.1, 0.15) is 0 Å². The lowest BCUT2D eigenvalue weighted by atomic mass is 9.94. The average molecular weight is 224 g/mol. The zero-order valence-electron chi connectivity index (χ0n) is 9.87. The van der Waals surface area contributed by atoms with E-state index < -0.39 is 0 Å². The lowest BCUT2D eigenvalue weighted by Gasteiger charge is -2.31. The fourth-order valence-electron chi connectivity index (χ4n) is 2.86. The molecule has 0 bridgehead atoms. The minimum atomic E-state index is -0.126. The quantitative estimate of drug-likeness (QED) is 0.758. The van der Waals surface area contributed by atoms with Crippen LogP contribution in [0.5, 0.6) is 0 Å². The summed E-state index contributed by atoms with van der Waals surface area (Å²) in [5.41, 5.74) is 0. The van der Waals surface area contributed by atoms with Crippen molar-refractivity contribution < 1.29 is 9.59 Å². The SMILES string of the molecule is CNC(=O)C1CC(=O)N(C2CCCCC2)C1. The van der Waals surface area contributed by atoms with Gasteiger partial charge in [0.15, 0.2) is 0 Å². The van der Waals surface area contributed by atoms with Gasteiger partial charge in [-0.2, -0.15) is 0 Å². The molecule has 0 aromatic rings. The van der Waals surface area contributed by atoms with Crippen LogP contribution in [0.2, 0.25) is 0 Å². The average Bonchev–Trinajstić information content (AvgIpc) is 2.71. The van der Waals surface area contributed by atoms with Crippen LogP contribution in [0, 0.1) is 5.92 Å². The molecule has 2 amide bonds. The van der Waals surface area contributed by atoms with E-state index in [-0.39, 0.29) is 17.7 Å². The number of nitrogens with zero attached hydrogens (tertiary/aromatic N) is 1. The van der Waals surface area contributed by atoms with E-state index in [1.54, 1.807) is 7.05 Å². The van der Waals surface area contributed by atoms with Gasteiger partial charge in [0.25, 0.3) is 0 Å². The summed E-state index contributed by atoms with van der Waals surface area (Å²) in [7, 11) is 1.63. The van der Waals surface area contributed by atoms with E-state index in [0.717, 1.165) is 12.8 Å². The maximum atomic E-state index is 11.9. The van der Waals surface area contributed by atoms with Crippen molar-refractivity contribution in [3.63, 3.8) is 0 Å². The van der Waals surface area contributed by atoms with Crippen molar-refractivity contribution in [1.82, 2.24) is 10.2 Å². The highest BCUT2D eigenvalue weighted by atomic mass is 16.2. The Bertz CT molecular complexity index is 285. The van der Waals surface area contributed by atoms with Crippen LogP contribution >= 0.6 is 0 Å². The van der Waals surface area contributed by atoms with Crippen molar-refractivity contribution >= 4 is 11.8 Å². The van der Waals surface area contributed by atoms with E-state index >= 15 is 0 Å². The first-order chi connectivity index (χ1) is 7.72. The molecule has 1 saturated heterocycles. The number of carbonyl (C=O) groups excluding carboxylic acids is 2. The monoisotopic (exact) mass is 224 g/mol. The third-order valence-corrected chi connectivity index (χ3v) is 3.79. The van der Waals surface area contributed by atoms with E-state index in [2.05, 4.69) is 5.32 Å². The molecule has 2 rings (SSSR count). The molecular formula is C12H20N2O2. The Morgan fingerprint density at radius 1 is 1.31 bits per heavy atom. The molecule has 1 aliphatic heterocycles. The summed E-state index contributed by atoms with van der Waals surface area (Å²) in [6.45, 7) is 0.628. The molecule has 1 saturated carbocycles. The van der Waals surface area contributed by atoms with Gasteiger partial charge < -0.3 is 10.2 Å². The predicted octanol–water partition coefficient (Wildman–Crippen LogP) is 0.914. The lowest BCUT2D eigenvalue weighted by molar-refractivity contribution is -0.130. The summed E-state index contributed by atoms with van der Waals surface area (Å²) in [6.07, 6.45) is 6.37. The summed E-state index contributed by atoms with van der Waals surface area (Å²) in [6, 6.07) is 0.399. The molecule has 1 unspecified atom stereocenters. The first-order valence-corrected chi connectivity index (χ1v) is 6.23. The Morgan fingerprint density at radius 3 is 2.62 bits per heavy atom. The van der Waals surface area contributed by atoms with Crippen LogP contribution in [0.25, 0.3) is 0 Å². The van der Waals surface area contributed by atoms with Crippen LogP contribution in [-0.2, 0) is 9.59 Å². The summed E-state index contributed by atoms with van der Waals surface area (Å²) in [4.78, 5) is 25.3. The minimum Gasteiger partial charge on any atom is -0.359 e. The van der Waals surface area contributed by atoms with Gasteiger partial charge in [0, 0.05) is 26.1 Å². The first-order valence-electron chi connectivity index (χ1n) is 6.23. The van der Waals surface area contributed by atoms with Crippen LogP contribution in [0.15, 0.2) is 0 Å². The Kier molecular flexibility index (Phi) is 3.46. The number of hydrogen-bond donors (Lipinski definition) is 1. The van der Waals surface area contributed by atoms with E-state index in [9.17, 15) is 9.59 Å². The Balaban J connectivity index is 1.96. The van der Waals surface area contributed by atoms with E-state index in [1.165, 1.54) is 19.3 Å². The molecule has 16 heavy (non-hydrogen) atoms. The van der Waals surface area contributed by atoms with Crippen LogP contribution in [0.4, 0.5) is 0 Å². The molecular weight excluding hydrogens is 204 g/mol. The van der Waals surface area contributed by atoms with Gasteiger partial charge >= 0.3 is 0 Å². The Morgan fingerprint density at radius 2 is 2.00 bits per heavy atom.